The number of amides is 2. The molecular formula is C23H26N4O2S. The number of rotatable bonds is 8. The molecule has 1 atom stereocenters. The summed E-state index contributed by atoms with van der Waals surface area (Å²) in [5.74, 6) is -0.408. The van der Waals surface area contributed by atoms with E-state index in [2.05, 4.69) is 16.3 Å². The Kier molecular flexibility index (Phi) is 7.89. The van der Waals surface area contributed by atoms with Gasteiger partial charge in [-0.15, -0.1) is 0 Å². The van der Waals surface area contributed by atoms with E-state index in [1.165, 1.54) is 11.8 Å². The first-order valence-corrected chi connectivity index (χ1v) is 11.0. The number of benzene rings is 2. The Hall–Kier alpha value is -2.82. The third-order valence-electron chi connectivity index (χ3n) is 5.20. The number of primary amides is 1. The molecule has 2 aromatic rings. The second kappa shape index (κ2) is 10.8. The van der Waals surface area contributed by atoms with Crippen LogP contribution in [0.4, 0.5) is 0 Å². The van der Waals surface area contributed by atoms with Gasteiger partial charge in [0.25, 0.3) is 5.91 Å². The molecule has 1 heterocycles. The van der Waals surface area contributed by atoms with Gasteiger partial charge in [0.1, 0.15) is 6.07 Å². The fraction of sp³-hybridized carbons (Fsp3) is 0.348. The van der Waals surface area contributed by atoms with Gasteiger partial charge in [0, 0.05) is 22.9 Å². The SMILES string of the molecule is N#Cc1ccccc1Sc1ccccc1C(=O)NCCCN1CCCC(C(N)=O)C1. The molecule has 1 aliphatic rings. The Labute approximate surface area is 181 Å². The fourth-order valence-corrected chi connectivity index (χ4v) is 4.62. The number of nitrogens with zero attached hydrogens (tertiary/aromatic N) is 2. The van der Waals surface area contributed by atoms with Crippen molar-refractivity contribution in [3.8, 4) is 6.07 Å². The highest BCUT2D eigenvalue weighted by Crippen LogP contribution is 2.32. The number of nitriles is 1. The molecular weight excluding hydrogens is 396 g/mol. The Balaban J connectivity index is 1.54. The summed E-state index contributed by atoms with van der Waals surface area (Å²) < 4.78 is 0. The monoisotopic (exact) mass is 422 g/mol. The van der Waals surface area contributed by atoms with E-state index in [0.717, 1.165) is 42.1 Å². The van der Waals surface area contributed by atoms with Crippen molar-refractivity contribution in [3.05, 3.63) is 59.7 Å². The molecule has 0 aromatic heterocycles. The number of piperidine rings is 1. The average molecular weight is 423 g/mol. The van der Waals surface area contributed by atoms with E-state index >= 15 is 0 Å². The highest BCUT2D eigenvalue weighted by Gasteiger charge is 2.23. The molecule has 0 saturated carbocycles. The maximum Gasteiger partial charge on any atom is 0.252 e. The molecule has 0 radical (unpaired) electrons. The zero-order chi connectivity index (χ0) is 21.3. The lowest BCUT2D eigenvalue weighted by molar-refractivity contribution is -0.123. The second-order valence-corrected chi connectivity index (χ2v) is 8.44. The van der Waals surface area contributed by atoms with Crippen molar-refractivity contribution in [1.29, 1.82) is 5.26 Å². The van der Waals surface area contributed by atoms with Crippen molar-refractivity contribution in [2.45, 2.75) is 29.1 Å². The Morgan fingerprint density at radius 3 is 2.67 bits per heavy atom. The van der Waals surface area contributed by atoms with Gasteiger partial charge >= 0.3 is 0 Å². The van der Waals surface area contributed by atoms with Gasteiger partial charge in [0.2, 0.25) is 5.91 Å². The summed E-state index contributed by atoms with van der Waals surface area (Å²) >= 11 is 1.42. The van der Waals surface area contributed by atoms with Crippen LogP contribution in [0, 0.1) is 17.2 Å². The predicted molar refractivity (Wildman–Crippen MR) is 117 cm³/mol. The zero-order valence-corrected chi connectivity index (χ0v) is 17.7. The molecule has 0 aliphatic carbocycles. The van der Waals surface area contributed by atoms with Crippen LogP contribution in [0.2, 0.25) is 0 Å². The molecule has 30 heavy (non-hydrogen) atoms. The summed E-state index contributed by atoms with van der Waals surface area (Å²) in [5.41, 5.74) is 6.62. The minimum atomic E-state index is -0.222. The number of carbonyl (C=O) groups excluding carboxylic acids is 2. The smallest absolute Gasteiger partial charge is 0.252 e. The lowest BCUT2D eigenvalue weighted by Crippen LogP contribution is -2.42. The average Bonchev–Trinajstić information content (AvgIpc) is 2.77. The van der Waals surface area contributed by atoms with E-state index in [0.29, 0.717) is 24.2 Å². The third-order valence-corrected chi connectivity index (χ3v) is 6.36. The minimum Gasteiger partial charge on any atom is -0.369 e. The number of likely N-dealkylation sites (tertiary alicyclic amines) is 1. The minimum absolute atomic E-state index is 0.0615. The Bertz CT molecular complexity index is 941. The maximum absolute atomic E-state index is 12.7. The van der Waals surface area contributed by atoms with Gasteiger partial charge < -0.3 is 16.0 Å². The molecule has 3 N–H and O–H groups in total. The molecule has 2 aromatic carbocycles. The van der Waals surface area contributed by atoms with E-state index in [4.69, 9.17) is 5.73 Å². The topological polar surface area (TPSA) is 99.2 Å². The molecule has 0 bridgehead atoms. The summed E-state index contributed by atoms with van der Waals surface area (Å²) in [6.07, 6.45) is 2.66. The second-order valence-electron chi connectivity index (χ2n) is 7.36. The first-order valence-electron chi connectivity index (χ1n) is 10.1. The van der Waals surface area contributed by atoms with Crippen LogP contribution in [0.1, 0.15) is 35.2 Å². The molecule has 6 nitrogen and oxygen atoms in total. The molecule has 0 spiro atoms. The van der Waals surface area contributed by atoms with Gasteiger partial charge in [-0.05, 0) is 56.6 Å². The normalized spacial score (nSPS) is 16.6. The molecule has 1 saturated heterocycles. The van der Waals surface area contributed by atoms with Crippen molar-refractivity contribution in [2.75, 3.05) is 26.2 Å². The molecule has 3 rings (SSSR count). The first-order chi connectivity index (χ1) is 14.6. The van der Waals surface area contributed by atoms with Crippen LogP contribution >= 0.6 is 11.8 Å². The lowest BCUT2D eigenvalue weighted by Gasteiger charge is -2.31. The molecule has 7 heteroatoms. The van der Waals surface area contributed by atoms with Crippen LogP contribution in [0.25, 0.3) is 0 Å². The van der Waals surface area contributed by atoms with Crippen molar-refractivity contribution >= 4 is 23.6 Å². The van der Waals surface area contributed by atoms with E-state index in [1.807, 2.05) is 36.4 Å². The largest absolute Gasteiger partial charge is 0.369 e. The van der Waals surface area contributed by atoms with Gasteiger partial charge in [-0.1, -0.05) is 36.0 Å². The van der Waals surface area contributed by atoms with Crippen LogP contribution < -0.4 is 11.1 Å². The van der Waals surface area contributed by atoms with Gasteiger partial charge in [-0.2, -0.15) is 5.26 Å². The van der Waals surface area contributed by atoms with Gasteiger partial charge in [0.15, 0.2) is 0 Å². The van der Waals surface area contributed by atoms with Crippen LogP contribution in [-0.2, 0) is 4.79 Å². The standard InChI is InChI=1S/C23H26N4O2S/c24-15-17-7-1-3-10-20(17)30-21-11-4-2-9-19(21)23(29)26-12-6-14-27-13-5-8-18(16-27)22(25)28/h1-4,7,9-11,18H,5-6,8,12-14,16H2,(H2,25,28)(H,26,29). The summed E-state index contributed by atoms with van der Waals surface area (Å²) in [5, 5.41) is 12.3. The molecule has 2 amide bonds. The summed E-state index contributed by atoms with van der Waals surface area (Å²) in [6, 6.07) is 17.0. The van der Waals surface area contributed by atoms with Gasteiger partial charge in [-0.25, -0.2) is 0 Å². The third kappa shape index (κ3) is 5.85. The van der Waals surface area contributed by atoms with Crippen LogP contribution in [0.5, 0.6) is 0 Å². The number of hydrogen-bond acceptors (Lipinski definition) is 5. The summed E-state index contributed by atoms with van der Waals surface area (Å²) in [6.45, 7) is 3.07. The maximum atomic E-state index is 12.7. The van der Waals surface area contributed by atoms with Gasteiger partial charge in [-0.3, -0.25) is 9.59 Å². The van der Waals surface area contributed by atoms with E-state index in [1.54, 1.807) is 12.1 Å². The number of nitrogens with two attached hydrogens (primary N) is 1. The van der Waals surface area contributed by atoms with Crippen LogP contribution in [0.15, 0.2) is 58.3 Å². The highest BCUT2D eigenvalue weighted by atomic mass is 32.2. The zero-order valence-electron chi connectivity index (χ0n) is 16.8. The van der Waals surface area contributed by atoms with Crippen molar-refractivity contribution in [1.82, 2.24) is 10.2 Å². The molecule has 1 unspecified atom stereocenters. The lowest BCUT2D eigenvalue weighted by atomic mass is 9.97. The number of nitrogens with one attached hydrogen (secondary N) is 1. The molecule has 1 aliphatic heterocycles. The van der Waals surface area contributed by atoms with E-state index in [-0.39, 0.29) is 17.7 Å². The van der Waals surface area contributed by atoms with Gasteiger partial charge in [0.05, 0.1) is 17.0 Å². The predicted octanol–water partition coefficient (Wildman–Crippen LogP) is 3.03. The van der Waals surface area contributed by atoms with Crippen molar-refractivity contribution in [2.24, 2.45) is 11.7 Å². The van der Waals surface area contributed by atoms with Crippen LogP contribution in [0.3, 0.4) is 0 Å². The number of hydrogen-bond donors (Lipinski definition) is 2. The van der Waals surface area contributed by atoms with Crippen LogP contribution in [-0.4, -0.2) is 42.9 Å². The van der Waals surface area contributed by atoms with Crippen molar-refractivity contribution in [3.63, 3.8) is 0 Å². The fourth-order valence-electron chi connectivity index (χ4n) is 3.60. The van der Waals surface area contributed by atoms with E-state index in [9.17, 15) is 14.9 Å². The molecule has 1 fully saturated rings. The summed E-state index contributed by atoms with van der Waals surface area (Å²) in [4.78, 5) is 28.0. The number of carbonyl (C=O) groups is 2. The highest BCUT2D eigenvalue weighted by molar-refractivity contribution is 7.99. The summed E-state index contributed by atoms with van der Waals surface area (Å²) in [7, 11) is 0. The van der Waals surface area contributed by atoms with E-state index < -0.39 is 0 Å². The Morgan fingerprint density at radius 2 is 1.90 bits per heavy atom. The quantitative estimate of drug-likeness (QED) is 0.637. The first kappa shape index (κ1) is 21.9. The van der Waals surface area contributed by atoms with Crippen molar-refractivity contribution < 1.29 is 9.59 Å². The Morgan fingerprint density at radius 1 is 1.17 bits per heavy atom. The molecule has 156 valence electrons.